The molecule has 0 atom stereocenters. The number of hydrogen-bond acceptors (Lipinski definition) is 2. The Balaban J connectivity index is 2.11. The average molecular weight is 273 g/mol. The second kappa shape index (κ2) is 5.69. The summed E-state index contributed by atoms with van der Waals surface area (Å²) in [6.45, 7) is 11.6. The van der Waals surface area contributed by atoms with Gasteiger partial charge in [0.1, 0.15) is 5.78 Å². The lowest BCUT2D eigenvalue weighted by atomic mass is 9.71. The van der Waals surface area contributed by atoms with E-state index in [1.807, 2.05) is 6.07 Å². The maximum atomic E-state index is 12.3. The second-order valence-corrected chi connectivity index (χ2v) is 7.59. The van der Waals surface area contributed by atoms with Crippen molar-refractivity contribution < 1.29 is 4.79 Å². The van der Waals surface area contributed by atoms with Gasteiger partial charge in [-0.05, 0) is 17.4 Å². The minimum absolute atomic E-state index is 0.175. The van der Waals surface area contributed by atoms with E-state index in [4.69, 9.17) is 0 Å². The first-order valence-corrected chi connectivity index (χ1v) is 7.58. The summed E-state index contributed by atoms with van der Waals surface area (Å²) >= 11 is 0. The van der Waals surface area contributed by atoms with Crippen LogP contribution in [0.3, 0.4) is 0 Å². The Bertz CT molecular complexity index is 462. The SMILES string of the molecule is CC1(C)CN(Cc2ccccc2)CCC(=O)C(C)(C)C1. The summed E-state index contributed by atoms with van der Waals surface area (Å²) in [5, 5.41) is 0. The molecule has 0 amide bonds. The maximum absolute atomic E-state index is 12.3. The first-order valence-electron chi connectivity index (χ1n) is 7.58. The van der Waals surface area contributed by atoms with Crippen LogP contribution >= 0.6 is 0 Å². The molecule has 2 heteroatoms. The summed E-state index contributed by atoms with van der Waals surface area (Å²) in [5.41, 5.74) is 1.33. The summed E-state index contributed by atoms with van der Waals surface area (Å²) < 4.78 is 0. The zero-order valence-corrected chi connectivity index (χ0v) is 13.3. The number of Topliss-reactive ketones (excluding diaryl/α,β-unsaturated/α-hetero) is 1. The van der Waals surface area contributed by atoms with Gasteiger partial charge in [-0.25, -0.2) is 0 Å². The average Bonchev–Trinajstić information content (AvgIpc) is 2.34. The van der Waals surface area contributed by atoms with Crippen molar-refractivity contribution in [2.75, 3.05) is 13.1 Å². The molecule has 0 unspecified atom stereocenters. The van der Waals surface area contributed by atoms with Gasteiger partial charge in [0.05, 0.1) is 0 Å². The van der Waals surface area contributed by atoms with E-state index in [1.54, 1.807) is 0 Å². The predicted molar refractivity (Wildman–Crippen MR) is 83.5 cm³/mol. The van der Waals surface area contributed by atoms with Crippen LogP contribution in [-0.4, -0.2) is 23.8 Å². The molecule has 2 rings (SSSR count). The summed E-state index contributed by atoms with van der Waals surface area (Å²) in [6.07, 6.45) is 1.64. The Labute approximate surface area is 123 Å². The number of likely N-dealkylation sites (tertiary alicyclic amines) is 1. The summed E-state index contributed by atoms with van der Waals surface area (Å²) in [6, 6.07) is 10.5. The van der Waals surface area contributed by atoms with Gasteiger partial charge in [-0.1, -0.05) is 58.0 Å². The minimum atomic E-state index is -0.178. The number of rotatable bonds is 2. The first kappa shape index (κ1) is 15.2. The van der Waals surface area contributed by atoms with E-state index in [1.165, 1.54) is 5.56 Å². The van der Waals surface area contributed by atoms with Crippen LogP contribution in [0, 0.1) is 10.8 Å². The Morgan fingerprint density at radius 1 is 1.10 bits per heavy atom. The van der Waals surface area contributed by atoms with Gasteiger partial charge in [0.2, 0.25) is 0 Å². The summed E-state index contributed by atoms with van der Waals surface area (Å²) in [4.78, 5) is 14.8. The van der Waals surface area contributed by atoms with Crippen molar-refractivity contribution in [1.82, 2.24) is 4.90 Å². The normalized spacial score (nSPS) is 23.1. The van der Waals surface area contributed by atoms with Crippen molar-refractivity contribution in [3.63, 3.8) is 0 Å². The molecule has 20 heavy (non-hydrogen) atoms. The van der Waals surface area contributed by atoms with Crippen LogP contribution in [0.4, 0.5) is 0 Å². The highest BCUT2D eigenvalue weighted by Crippen LogP contribution is 2.37. The largest absolute Gasteiger partial charge is 0.299 e. The van der Waals surface area contributed by atoms with Crippen molar-refractivity contribution in [2.45, 2.75) is 47.1 Å². The van der Waals surface area contributed by atoms with E-state index < -0.39 is 0 Å². The third kappa shape index (κ3) is 3.92. The van der Waals surface area contributed by atoms with E-state index in [-0.39, 0.29) is 10.8 Å². The molecule has 1 aromatic rings. The lowest BCUT2D eigenvalue weighted by molar-refractivity contribution is -0.130. The summed E-state index contributed by atoms with van der Waals surface area (Å²) in [7, 11) is 0. The van der Waals surface area contributed by atoms with Crippen molar-refractivity contribution in [2.24, 2.45) is 10.8 Å². The molecule has 1 saturated heterocycles. The molecule has 0 N–H and O–H groups in total. The van der Waals surface area contributed by atoms with Crippen LogP contribution in [0.1, 0.15) is 46.1 Å². The Morgan fingerprint density at radius 2 is 1.75 bits per heavy atom. The van der Waals surface area contributed by atoms with Crippen molar-refractivity contribution in [1.29, 1.82) is 0 Å². The summed E-state index contributed by atoms with van der Waals surface area (Å²) in [5.74, 6) is 0.406. The molecule has 1 aliphatic heterocycles. The number of nitrogens with zero attached hydrogens (tertiary/aromatic N) is 1. The molecule has 1 heterocycles. The van der Waals surface area contributed by atoms with Gasteiger partial charge < -0.3 is 0 Å². The van der Waals surface area contributed by atoms with Crippen LogP contribution in [-0.2, 0) is 11.3 Å². The number of carbonyl (C=O) groups is 1. The first-order chi connectivity index (χ1) is 9.28. The number of ketones is 1. The fourth-order valence-corrected chi connectivity index (χ4v) is 3.61. The highest BCUT2D eigenvalue weighted by Gasteiger charge is 2.37. The van der Waals surface area contributed by atoms with E-state index in [0.29, 0.717) is 12.2 Å². The number of hydrogen-bond donors (Lipinski definition) is 0. The quantitative estimate of drug-likeness (QED) is 0.814. The maximum Gasteiger partial charge on any atom is 0.139 e. The van der Waals surface area contributed by atoms with Gasteiger partial charge in [-0.15, -0.1) is 0 Å². The topological polar surface area (TPSA) is 20.3 Å². The molecule has 0 radical (unpaired) electrons. The van der Waals surface area contributed by atoms with Gasteiger partial charge in [0.15, 0.2) is 0 Å². The number of benzene rings is 1. The van der Waals surface area contributed by atoms with E-state index in [0.717, 1.165) is 26.1 Å². The van der Waals surface area contributed by atoms with Crippen LogP contribution < -0.4 is 0 Å². The Morgan fingerprint density at radius 3 is 2.40 bits per heavy atom. The number of carbonyl (C=O) groups excluding carboxylic acids is 1. The lowest BCUT2D eigenvalue weighted by Crippen LogP contribution is -2.43. The molecule has 0 bridgehead atoms. The third-order valence-corrected chi connectivity index (χ3v) is 4.23. The molecule has 0 aromatic heterocycles. The molecule has 1 aromatic carbocycles. The second-order valence-electron chi connectivity index (χ2n) is 7.59. The third-order valence-electron chi connectivity index (χ3n) is 4.23. The van der Waals surface area contributed by atoms with Gasteiger partial charge in [0, 0.05) is 31.5 Å². The molecule has 0 saturated carbocycles. The van der Waals surface area contributed by atoms with Crippen LogP contribution in [0.15, 0.2) is 30.3 Å². The van der Waals surface area contributed by atoms with E-state index in [2.05, 4.69) is 56.9 Å². The van der Waals surface area contributed by atoms with Gasteiger partial charge in [0.25, 0.3) is 0 Å². The minimum Gasteiger partial charge on any atom is -0.299 e. The van der Waals surface area contributed by atoms with E-state index in [9.17, 15) is 4.79 Å². The predicted octanol–water partition coefficient (Wildman–Crippen LogP) is 3.90. The van der Waals surface area contributed by atoms with Crippen molar-refractivity contribution in [3.05, 3.63) is 35.9 Å². The smallest absolute Gasteiger partial charge is 0.139 e. The molecule has 110 valence electrons. The standard InChI is InChI=1S/C18H27NO/c1-17(2)13-18(3,4)16(20)10-11-19(14-17)12-15-8-6-5-7-9-15/h5-9H,10-14H2,1-4H3. The van der Waals surface area contributed by atoms with Crippen LogP contribution in [0.25, 0.3) is 0 Å². The van der Waals surface area contributed by atoms with Gasteiger partial charge >= 0.3 is 0 Å². The zero-order chi connectivity index (χ0) is 14.8. The monoisotopic (exact) mass is 273 g/mol. The van der Waals surface area contributed by atoms with E-state index >= 15 is 0 Å². The molecular formula is C18H27NO. The van der Waals surface area contributed by atoms with Crippen molar-refractivity contribution >= 4 is 5.78 Å². The zero-order valence-electron chi connectivity index (χ0n) is 13.3. The fourth-order valence-electron chi connectivity index (χ4n) is 3.61. The molecule has 1 fully saturated rings. The molecule has 0 spiro atoms. The highest BCUT2D eigenvalue weighted by molar-refractivity contribution is 5.84. The van der Waals surface area contributed by atoms with Gasteiger partial charge in [-0.2, -0.15) is 0 Å². The Hall–Kier alpha value is -1.15. The van der Waals surface area contributed by atoms with Crippen LogP contribution in [0.5, 0.6) is 0 Å². The Kier molecular flexibility index (Phi) is 4.33. The molecular weight excluding hydrogens is 246 g/mol. The molecule has 2 nitrogen and oxygen atoms in total. The van der Waals surface area contributed by atoms with Gasteiger partial charge in [-0.3, -0.25) is 9.69 Å². The van der Waals surface area contributed by atoms with Crippen LogP contribution in [0.2, 0.25) is 0 Å². The highest BCUT2D eigenvalue weighted by atomic mass is 16.1. The van der Waals surface area contributed by atoms with Crippen molar-refractivity contribution in [3.8, 4) is 0 Å². The molecule has 0 aliphatic carbocycles. The fraction of sp³-hybridized carbons (Fsp3) is 0.611. The lowest BCUT2D eigenvalue weighted by Gasteiger charge is -2.40. The molecule has 1 aliphatic rings.